The van der Waals surface area contributed by atoms with Crippen LogP contribution in [0.15, 0.2) is 36.4 Å². The Balaban J connectivity index is 2.36. The van der Waals surface area contributed by atoms with Crippen LogP contribution >= 0.6 is 0 Å². The van der Waals surface area contributed by atoms with E-state index in [2.05, 4.69) is 105 Å². The molecular formula is C36H51Er2N3O6Re2. The first-order valence-corrected chi connectivity index (χ1v) is 20.7. The van der Waals surface area contributed by atoms with E-state index in [0.717, 1.165) is 14.6 Å². The van der Waals surface area contributed by atoms with E-state index >= 15 is 0 Å². The Bertz CT molecular complexity index is 1290. The van der Waals surface area contributed by atoms with Gasteiger partial charge in [0.2, 0.25) is 0 Å². The summed E-state index contributed by atoms with van der Waals surface area (Å²) in [4.78, 5) is 45.4. The van der Waals surface area contributed by atoms with Crippen LogP contribution in [0.3, 0.4) is 0 Å². The van der Waals surface area contributed by atoms with Gasteiger partial charge in [-0.25, -0.2) is 0 Å². The van der Waals surface area contributed by atoms with Gasteiger partial charge in [0.25, 0.3) is 0 Å². The maximum atomic E-state index is 13.1. The standard InChI is InChI=1S/C36H51N3O6.2Er.2Re/c1-34(2,3)43-31(40)26-37(20-22-38(24-29-16-12-10-13-17-29)27-32(41)44-35(4,5)6)21-23-39(25-30-18-14-11-15-19-30)28-33(42)45-36(7,8)9;;;;/h10-15H,20-28H2,1-9H3;;;;. The molecule has 2 aromatic carbocycles. The third-order valence-electron chi connectivity index (χ3n) is 6.59. The molecule has 13 heteroatoms. The molecule has 0 atom stereocenters. The minimum absolute atomic E-state index is 0.0713. The van der Waals surface area contributed by atoms with Crippen molar-refractivity contribution in [3.05, 3.63) is 47.5 Å². The zero-order chi connectivity index (χ0) is 37.2. The van der Waals surface area contributed by atoms with Crippen molar-refractivity contribution in [3.8, 4) is 0 Å². The molecule has 2 aromatic rings. The van der Waals surface area contributed by atoms with Crippen LogP contribution in [-0.4, -0.2) is 95.2 Å². The fraction of sp³-hybridized carbons (Fsp3) is 0.583. The molecule has 0 saturated carbocycles. The average molecular weight is 1330 g/mol. The van der Waals surface area contributed by atoms with Gasteiger partial charge in [-0.1, -0.05) is 0 Å². The molecule has 0 saturated heterocycles. The molecule has 9 nitrogen and oxygen atoms in total. The van der Waals surface area contributed by atoms with Crippen LogP contribution in [-0.2, 0) is 80.1 Å². The van der Waals surface area contributed by atoms with Crippen LogP contribution in [0.1, 0.15) is 73.4 Å². The monoisotopic (exact) mass is 1330 g/mol. The van der Waals surface area contributed by atoms with Crippen molar-refractivity contribution in [1.29, 1.82) is 0 Å². The van der Waals surface area contributed by atoms with Gasteiger partial charge in [0.05, 0.1) is 0 Å². The van der Waals surface area contributed by atoms with Crippen molar-refractivity contribution in [1.82, 2.24) is 14.7 Å². The molecule has 0 aliphatic rings. The number of ether oxygens (including phenoxy) is 3. The van der Waals surface area contributed by atoms with Gasteiger partial charge < -0.3 is 0 Å². The fourth-order valence-electron chi connectivity index (χ4n) is 4.69. The molecule has 0 radical (unpaired) electrons. The van der Waals surface area contributed by atoms with E-state index in [1.54, 1.807) is 38.4 Å². The topological polar surface area (TPSA) is 88.6 Å². The number of hydrogen-bond donors (Lipinski definition) is 0. The molecule has 0 spiro atoms. The molecule has 0 bridgehead atoms. The van der Waals surface area contributed by atoms with Gasteiger partial charge in [0, 0.05) is 0 Å². The summed E-state index contributed by atoms with van der Waals surface area (Å²) in [6, 6.07) is 12.4. The Labute approximate surface area is 362 Å². The minimum atomic E-state index is -0.628. The molecule has 0 heterocycles. The number of carbonyl (C=O) groups excluding carboxylic acids is 3. The first kappa shape index (κ1) is 45.7. The van der Waals surface area contributed by atoms with Gasteiger partial charge in [-0.05, 0) is 0 Å². The predicted molar refractivity (Wildman–Crippen MR) is 176 cm³/mol. The third-order valence-corrected chi connectivity index (χ3v) is 10.9. The molecule has 0 aliphatic carbocycles. The van der Waals surface area contributed by atoms with Crippen LogP contribution < -0.4 is 11.5 Å². The third kappa shape index (κ3) is 19.4. The quantitative estimate of drug-likeness (QED) is 0.185. The summed E-state index contributed by atoms with van der Waals surface area (Å²) in [5, 5.41) is 0. The van der Waals surface area contributed by atoms with Crippen molar-refractivity contribution in [2.75, 3.05) is 45.8 Å². The summed E-state index contributed by atoms with van der Waals surface area (Å²) in [6.07, 6.45) is 0. The van der Waals surface area contributed by atoms with Crippen LogP contribution in [0.25, 0.3) is 0 Å². The Kier molecular flexibility index (Phi) is 19.5. The summed E-state index contributed by atoms with van der Waals surface area (Å²) >= 11 is 8.79. The van der Waals surface area contributed by atoms with Gasteiger partial charge in [-0.3, -0.25) is 0 Å². The second-order valence-corrected chi connectivity index (χ2v) is 19.7. The molecule has 0 amide bonds. The molecule has 284 valence electrons. The Morgan fingerprint density at radius 2 is 0.837 bits per heavy atom. The van der Waals surface area contributed by atoms with Crippen LogP contribution in [0.5, 0.6) is 0 Å². The second kappa shape index (κ2) is 20.9. The molecular weight excluding hydrogens is 1280 g/mol. The van der Waals surface area contributed by atoms with Crippen molar-refractivity contribution in [2.24, 2.45) is 0 Å². The van der Waals surface area contributed by atoms with Gasteiger partial charge >= 0.3 is 367 Å². The van der Waals surface area contributed by atoms with Crippen molar-refractivity contribution in [2.45, 2.75) is 92.2 Å². The number of esters is 3. The number of nitrogens with zero attached hydrogens (tertiary/aromatic N) is 3. The molecule has 0 aliphatic heterocycles. The Morgan fingerprint density at radius 3 is 1.12 bits per heavy atom. The molecule has 0 unspecified atom stereocenters. The summed E-state index contributed by atoms with van der Waals surface area (Å²) < 4.78 is 21.7. The van der Waals surface area contributed by atoms with E-state index < -0.39 is 16.8 Å². The van der Waals surface area contributed by atoms with Crippen LogP contribution in [0.2, 0.25) is 0 Å². The number of carbonyl (C=O) groups is 3. The fourth-order valence-corrected chi connectivity index (χ4v) is 8.58. The van der Waals surface area contributed by atoms with Crippen molar-refractivity contribution < 1.29 is 138 Å². The maximum absolute atomic E-state index is 13.1. The van der Waals surface area contributed by atoms with Gasteiger partial charge in [-0.2, -0.15) is 0 Å². The number of rotatable bonds is 16. The van der Waals surface area contributed by atoms with E-state index in [1.165, 1.54) is 8.07 Å². The summed E-state index contributed by atoms with van der Waals surface area (Å²) in [5.74, 6) is -0.926. The first-order chi connectivity index (χ1) is 22.5. The normalized spacial score (nSPS) is 12.5. The predicted octanol–water partition coefficient (Wildman–Crippen LogP) is 2.01. The van der Waals surface area contributed by atoms with E-state index in [9.17, 15) is 14.4 Å². The summed E-state index contributed by atoms with van der Waals surface area (Å²) in [5.41, 5.74) is 0.479. The van der Waals surface area contributed by atoms with Crippen LogP contribution in [0, 0.1) is 70.7 Å². The second-order valence-electron chi connectivity index (χ2n) is 14.8. The van der Waals surface area contributed by atoms with E-state index in [1.807, 2.05) is 79.3 Å². The van der Waals surface area contributed by atoms with Crippen LogP contribution in [0.4, 0.5) is 0 Å². The molecule has 2 rings (SSSR count). The molecule has 0 N–H and O–H groups in total. The molecule has 0 fully saturated rings. The van der Waals surface area contributed by atoms with Gasteiger partial charge in [0.15, 0.2) is 0 Å². The summed E-state index contributed by atoms with van der Waals surface area (Å²) in [7, 11) is 0. The van der Waals surface area contributed by atoms with Gasteiger partial charge in [-0.15, -0.1) is 0 Å². The van der Waals surface area contributed by atoms with Gasteiger partial charge in [0.1, 0.15) is 0 Å². The van der Waals surface area contributed by atoms with E-state index in [-0.39, 0.29) is 37.5 Å². The number of hydrogen-bond acceptors (Lipinski definition) is 9. The zero-order valence-corrected chi connectivity index (χ0v) is 39.1. The summed E-state index contributed by atoms with van der Waals surface area (Å²) in [6.45, 7) is 20.2. The molecule has 49 heavy (non-hydrogen) atoms. The Hall–Kier alpha value is 0.548. The number of benzene rings is 2. The van der Waals surface area contributed by atoms with Crippen molar-refractivity contribution in [3.63, 3.8) is 0 Å². The first-order valence-electron chi connectivity index (χ1n) is 16.1. The molecule has 0 aromatic heterocycles. The Morgan fingerprint density at radius 1 is 0.551 bits per heavy atom. The van der Waals surface area contributed by atoms with E-state index in [4.69, 9.17) is 14.2 Å². The van der Waals surface area contributed by atoms with Crippen molar-refractivity contribution >= 4 is 29.4 Å². The average Bonchev–Trinajstić information content (AvgIpc) is 2.90. The zero-order valence-electron chi connectivity index (χ0n) is 30.0. The SMILES string of the molecule is CC(C)(C)OC(=O)CN(CCN(CC(=O)OC(C)(C)C)Cc1[c]([Er])ccc[c]1[Re])CCN(CC(=O)OC(C)(C)C)Cc1[c]([Er])ccc[c]1[Re]. The van der Waals surface area contributed by atoms with E-state index in [0.29, 0.717) is 39.3 Å².